The van der Waals surface area contributed by atoms with Crippen LogP contribution in [0, 0.1) is 6.92 Å². The third-order valence-corrected chi connectivity index (χ3v) is 4.69. The Bertz CT molecular complexity index is 1160. The normalized spacial score (nSPS) is 14.4. The number of amides is 2. The molecule has 0 fully saturated rings. The number of urea groups is 1. The Labute approximate surface area is 144 Å². The highest BCUT2D eigenvalue weighted by molar-refractivity contribution is 6.16. The Morgan fingerprint density at radius 1 is 0.960 bits per heavy atom. The van der Waals surface area contributed by atoms with Crippen molar-refractivity contribution in [3.05, 3.63) is 72.2 Å². The summed E-state index contributed by atoms with van der Waals surface area (Å²) in [5.41, 5.74) is 5.68. The SMILES string of the molecule is Cc1[nH]c2ccccc2c1C1=C[N]C(=O)N1c1c[nH]c2ccccc12. The summed E-state index contributed by atoms with van der Waals surface area (Å²) in [7, 11) is 0. The molecule has 1 radical (unpaired) electrons. The average molecular weight is 327 g/mol. The number of hydrogen-bond donors (Lipinski definition) is 2. The molecule has 2 N–H and O–H groups in total. The number of nitrogens with zero attached hydrogens (tertiary/aromatic N) is 2. The fraction of sp³-hybridized carbons (Fsp3) is 0.0500. The lowest BCUT2D eigenvalue weighted by atomic mass is 10.1. The van der Waals surface area contributed by atoms with Gasteiger partial charge in [-0.15, -0.1) is 0 Å². The second kappa shape index (κ2) is 5.01. The van der Waals surface area contributed by atoms with E-state index in [4.69, 9.17) is 0 Å². The van der Waals surface area contributed by atoms with E-state index in [1.807, 2.05) is 55.6 Å². The quantitative estimate of drug-likeness (QED) is 0.559. The van der Waals surface area contributed by atoms with Crippen LogP contribution >= 0.6 is 0 Å². The molecule has 0 spiro atoms. The van der Waals surface area contributed by atoms with Crippen molar-refractivity contribution in [2.24, 2.45) is 0 Å². The topological polar surface area (TPSA) is 66.0 Å². The summed E-state index contributed by atoms with van der Waals surface area (Å²) in [4.78, 5) is 20.9. The summed E-state index contributed by atoms with van der Waals surface area (Å²) >= 11 is 0. The van der Waals surface area contributed by atoms with Gasteiger partial charge >= 0.3 is 6.03 Å². The van der Waals surface area contributed by atoms with Gasteiger partial charge in [0, 0.05) is 39.3 Å². The lowest BCUT2D eigenvalue weighted by Gasteiger charge is -2.18. The molecule has 4 aromatic rings. The number of benzene rings is 2. The van der Waals surface area contributed by atoms with Gasteiger partial charge in [0.1, 0.15) is 0 Å². The molecule has 5 heteroatoms. The van der Waals surface area contributed by atoms with Gasteiger partial charge in [-0.2, -0.15) is 5.32 Å². The highest BCUT2D eigenvalue weighted by Crippen LogP contribution is 2.38. The van der Waals surface area contributed by atoms with Crippen molar-refractivity contribution in [2.45, 2.75) is 6.92 Å². The predicted octanol–water partition coefficient (Wildman–Crippen LogP) is 4.50. The predicted molar refractivity (Wildman–Crippen MR) is 99.3 cm³/mol. The highest BCUT2D eigenvalue weighted by atomic mass is 16.2. The van der Waals surface area contributed by atoms with E-state index in [-0.39, 0.29) is 6.03 Å². The van der Waals surface area contributed by atoms with Crippen molar-refractivity contribution in [3.8, 4) is 0 Å². The number of carbonyl (C=O) groups is 1. The molecule has 2 aromatic heterocycles. The lowest BCUT2D eigenvalue weighted by molar-refractivity contribution is 0.252. The molecule has 1 aliphatic heterocycles. The van der Waals surface area contributed by atoms with Gasteiger partial charge in [0.25, 0.3) is 0 Å². The van der Waals surface area contributed by atoms with Crippen LogP contribution in [-0.2, 0) is 0 Å². The zero-order valence-electron chi connectivity index (χ0n) is 13.6. The Morgan fingerprint density at radius 2 is 1.68 bits per heavy atom. The zero-order valence-corrected chi connectivity index (χ0v) is 13.6. The van der Waals surface area contributed by atoms with Gasteiger partial charge in [-0.05, 0) is 19.1 Å². The number of nitrogens with one attached hydrogen (secondary N) is 2. The highest BCUT2D eigenvalue weighted by Gasteiger charge is 2.32. The number of aromatic amines is 2. The Balaban J connectivity index is 1.73. The molecule has 2 aromatic carbocycles. The van der Waals surface area contributed by atoms with Crippen LogP contribution in [0.4, 0.5) is 10.5 Å². The molecule has 5 rings (SSSR count). The maximum absolute atomic E-state index is 12.6. The van der Waals surface area contributed by atoms with Gasteiger partial charge in [0.05, 0.1) is 17.6 Å². The van der Waals surface area contributed by atoms with Crippen LogP contribution in [0.5, 0.6) is 0 Å². The fourth-order valence-corrected chi connectivity index (χ4v) is 3.59. The summed E-state index contributed by atoms with van der Waals surface area (Å²) in [6.07, 6.45) is 3.52. The molecule has 3 heterocycles. The summed E-state index contributed by atoms with van der Waals surface area (Å²) in [5, 5.41) is 6.14. The maximum Gasteiger partial charge on any atom is 0.352 e. The number of hydrogen-bond acceptors (Lipinski definition) is 1. The molecule has 25 heavy (non-hydrogen) atoms. The van der Waals surface area contributed by atoms with Gasteiger partial charge in [0.2, 0.25) is 0 Å². The molecular weight excluding hydrogens is 312 g/mol. The zero-order chi connectivity index (χ0) is 17.0. The second-order valence-electron chi connectivity index (χ2n) is 6.15. The largest absolute Gasteiger partial charge is 0.359 e. The molecule has 0 atom stereocenters. The number of aromatic nitrogens is 2. The van der Waals surface area contributed by atoms with Crippen LogP contribution in [0.25, 0.3) is 27.5 Å². The number of aryl methyl sites for hydroxylation is 1. The standard InChI is InChI=1S/C20H15N4O/c1-12-19(14-7-3-5-9-16(14)23-12)18-11-22-20(25)24(18)17-10-21-15-8-4-2-6-13(15)17/h2-11,21,23H,1H3. The number of para-hydroxylation sites is 2. The van der Waals surface area contributed by atoms with E-state index >= 15 is 0 Å². The Kier molecular flexibility index (Phi) is 2.79. The van der Waals surface area contributed by atoms with E-state index in [0.29, 0.717) is 0 Å². The van der Waals surface area contributed by atoms with Gasteiger partial charge in [-0.3, -0.25) is 4.90 Å². The van der Waals surface area contributed by atoms with Crippen molar-refractivity contribution in [2.75, 3.05) is 4.90 Å². The van der Waals surface area contributed by atoms with Crippen LogP contribution in [0.2, 0.25) is 0 Å². The minimum atomic E-state index is -0.274. The van der Waals surface area contributed by atoms with Crippen molar-refractivity contribution >= 4 is 39.2 Å². The Morgan fingerprint density at radius 3 is 2.52 bits per heavy atom. The molecule has 0 saturated carbocycles. The molecule has 5 nitrogen and oxygen atoms in total. The minimum Gasteiger partial charge on any atom is -0.359 e. The van der Waals surface area contributed by atoms with Crippen molar-refractivity contribution in [3.63, 3.8) is 0 Å². The number of rotatable bonds is 2. The summed E-state index contributed by atoms with van der Waals surface area (Å²) in [5.74, 6) is 0. The first-order valence-electron chi connectivity index (χ1n) is 8.13. The van der Waals surface area contributed by atoms with Gasteiger partial charge in [-0.25, -0.2) is 4.79 Å². The van der Waals surface area contributed by atoms with Crippen LogP contribution < -0.4 is 10.2 Å². The van der Waals surface area contributed by atoms with Crippen LogP contribution in [-0.4, -0.2) is 16.0 Å². The van der Waals surface area contributed by atoms with Crippen LogP contribution in [0.15, 0.2) is 60.9 Å². The number of carbonyl (C=O) groups excluding carboxylic acids is 1. The molecule has 1 aliphatic rings. The first-order chi connectivity index (χ1) is 12.2. The first-order valence-corrected chi connectivity index (χ1v) is 8.13. The van der Waals surface area contributed by atoms with Crippen LogP contribution in [0.3, 0.4) is 0 Å². The minimum absolute atomic E-state index is 0.274. The summed E-state index contributed by atoms with van der Waals surface area (Å²) in [6, 6.07) is 15.8. The van der Waals surface area contributed by atoms with Gasteiger partial charge < -0.3 is 9.97 Å². The van der Waals surface area contributed by atoms with E-state index in [1.54, 1.807) is 11.1 Å². The number of anilines is 1. The molecule has 0 unspecified atom stereocenters. The number of fused-ring (bicyclic) bond motifs is 2. The smallest absolute Gasteiger partial charge is 0.352 e. The van der Waals surface area contributed by atoms with E-state index < -0.39 is 0 Å². The molecular formula is C20H15N4O. The summed E-state index contributed by atoms with van der Waals surface area (Å²) in [6.45, 7) is 2.02. The number of H-pyrrole nitrogens is 2. The van der Waals surface area contributed by atoms with Crippen molar-refractivity contribution in [1.29, 1.82) is 0 Å². The average Bonchev–Trinajstić information content (AvgIpc) is 3.29. The van der Waals surface area contributed by atoms with E-state index in [1.165, 1.54) is 0 Å². The molecule has 0 saturated heterocycles. The third-order valence-electron chi connectivity index (χ3n) is 4.69. The van der Waals surface area contributed by atoms with Crippen molar-refractivity contribution < 1.29 is 4.79 Å². The fourth-order valence-electron chi connectivity index (χ4n) is 3.59. The van der Waals surface area contributed by atoms with E-state index in [0.717, 1.165) is 44.4 Å². The second-order valence-corrected chi connectivity index (χ2v) is 6.15. The van der Waals surface area contributed by atoms with Crippen molar-refractivity contribution in [1.82, 2.24) is 15.3 Å². The maximum atomic E-state index is 12.6. The van der Waals surface area contributed by atoms with Crippen LogP contribution in [0.1, 0.15) is 11.3 Å². The molecule has 121 valence electrons. The summed E-state index contributed by atoms with van der Waals surface area (Å²) < 4.78 is 0. The Hall–Kier alpha value is -3.47. The third kappa shape index (κ3) is 1.92. The lowest BCUT2D eigenvalue weighted by Crippen LogP contribution is -2.26. The van der Waals surface area contributed by atoms with E-state index in [2.05, 4.69) is 21.4 Å². The monoisotopic (exact) mass is 327 g/mol. The van der Waals surface area contributed by atoms with Gasteiger partial charge in [0.15, 0.2) is 0 Å². The first kappa shape index (κ1) is 13.9. The molecule has 2 amide bonds. The van der Waals surface area contributed by atoms with Gasteiger partial charge in [-0.1, -0.05) is 36.4 Å². The molecule has 0 aliphatic carbocycles. The molecule has 0 bridgehead atoms. The van der Waals surface area contributed by atoms with E-state index in [9.17, 15) is 4.79 Å².